The summed E-state index contributed by atoms with van der Waals surface area (Å²) < 4.78 is 14.4. The third kappa shape index (κ3) is 7.23. The number of ether oxygens (including phenoxy) is 3. The SMILES string of the molecule is COC(=O)c1ccc(C(=O)OC)cc1.O=C(O)c1ccc(C(=O)OC2CCCCC2)cc1. The Labute approximate surface area is 186 Å². The molecule has 1 saturated carbocycles. The van der Waals surface area contributed by atoms with Crippen LogP contribution in [0.1, 0.15) is 73.5 Å². The second-order valence-electron chi connectivity index (χ2n) is 7.11. The topological polar surface area (TPSA) is 116 Å². The highest BCUT2D eigenvalue weighted by atomic mass is 16.5. The number of carboxylic acids is 1. The normalized spacial score (nSPS) is 13.2. The molecule has 3 rings (SSSR count). The summed E-state index contributed by atoms with van der Waals surface area (Å²) in [5.41, 5.74) is 1.38. The van der Waals surface area contributed by atoms with Gasteiger partial charge in [-0.25, -0.2) is 19.2 Å². The van der Waals surface area contributed by atoms with Gasteiger partial charge >= 0.3 is 23.9 Å². The molecule has 1 fully saturated rings. The number of carbonyl (C=O) groups excluding carboxylic acids is 3. The molecule has 0 saturated heterocycles. The number of carbonyl (C=O) groups is 4. The fraction of sp³-hybridized carbons (Fsp3) is 0.333. The third-order valence-electron chi connectivity index (χ3n) is 4.92. The van der Waals surface area contributed by atoms with Gasteiger partial charge in [0.1, 0.15) is 6.10 Å². The van der Waals surface area contributed by atoms with Crippen molar-refractivity contribution in [2.75, 3.05) is 14.2 Å². The van der Waals surface area contributed by atoms with Gasteiger partial charge in [0, 0.05) is 0 Å². The zero-order chi connectivity index (χ0) is 23.5. The molecule has 0 amide bonds. The molecule has 0 aliphatic heterocycles. The van der Waals surface area contributed by atoms with Crippen LogP contribution in [0, 0.1) is 0 Å². The molecule has 0 atom stereocenters. The van der Waals surface area contributed by atoms with Crippen LogP contribution >= 0.6 is 0 Å². The minimum Gasteiger partial charge on any atom is -0.478 e. The van der Waals surface area contributed by atoms with Crippen molar-refractivity contribution < 1.29 is 38.5 Å². The first-order chi connectivity index (χ1) is 15.3. The molecule has 1 N–H and O–H groups in total. The predicted molar refractivity (Wildman–Crippen MR) is 115 cm³/mol. The largest absolute Gasteiger partial charge is 0.478 e. The van der Waals surface area contributed by atoms with Crippen molar-refractivity contribution in [3.63, 3.8) is 0 Å². The number of hydrogen-bond acceptors (Lipinski definition) is 7. The lowest BCUT2D eigenvalue weighted by molar-refractivity contribution is 0.0210. The molecule has 2 aromatic rings. The molecule has 8 nitrogen and oxygen atoms in total. The van der Waals surface area contributed by atoms with E-state index in [0.29, 0.717) is 16.7 Å². The molecule has 1 aliphatic carbocycles. The van der Waals surface area contributed by atoms with Gasteiger partial charge in [-0.1, -0.05) is 6.42 Å². The lowest BCUT2D eigenvalue weighted by Crippen LogP contribution is -2.20. The van der Waals surface area contributed by atoms with Gasteiger partial charge in [0.2, 0.25) is 0 Å². The molecule has 170 valence electrons. The lowest BCUT2D eigenvalue weighted by atomic mass is 9.98. The minimum atomic E-state index is -0.998. The number of hydrogen-bond donors (Lipinski definition) is 1. The van der Waals surface area contributed by atoms with Crippen molar-refractivity contribution in [1.82, 2.24) is 0 Å². The lowest BCUT2D eigenvalue weighted by Gasteiger charge is -2.21. The quantitative estimate of drug-likeness (QED) is 0.543. The Morgan fingerprint density at radius 1 is 0.656 bits per heavy atom. The van der Waals surface area contributed by atoms with E-state index in [1.165, 1.54) is 69.2 Å². The maximum absolute atomic E-state index is 11.8. The van der Waals surface area contributed by atoms with Gasteiger partial charge in [0.05, 0.1) is 36.5 Å². The second-order valence-corrected chi connectivity index (χ2v) is 7.11. The van der Waals surface area contributed by atoms with E-state index in [1.807, 2.05) is 0 Å². The molecule has 32 heavy (non-hydrogen) atoms. The monoisotopic (exact) mass is 442 g/mol. The van der Waals surface area contributed by atoms with Crippen LogP contribution in [0.2, 0.25) is 0 Å². The van der Waals surface area contributed by atoms with Gasteiger partial charge in [0.25, 0.3) is 0 Å². The van der Waals surface area contributed by atoms with Crippen LogP contribution in [0.15, 0.2) is 48.5 Å². The third-order valence-corrected chi connectivity index (χ3v) is 4.92. The van der Waals surface area contributed by atoms with Gasteiger partial charge in [-0.15, -0.1) is 0 Å². The number of esters is 3. The first-order valence-electron chi connectivity index (χ1n) is 10.2. The van der Waals surface area contributed by atoms with Gasteiger partial charge < -0.3 is 19.3 Å². The number of carboxylic acid groups (broad SMARTS) is 1. The van der Waals surface area contributed by atoms with Gasteiger partial charge in [0.15, 0.2) is 0 Å². The maximum atomic E-state index is 11.8. The molecule has 8 heteroatoms. The molecule has 0 bridgehead atoms. The summed E-state index contributed by atoms with van der Waals surface area (Å²) in [6.45, 7) is 0. The Kier molecular flexibility index (Phi) is 9.41. The smallest absolute Gasteiger partial charge is 0.338 e. The number of benzene rings is 2. The van der Waals surface area contributed by atoms with Crippen LogP contribution in [-0.4, -0.2) is 49.3 Å². The number of aromatic carboxylic acids is 1. The molecule has 0 heterocycles. The van der Waals surface area contributed by atoms with E-state index in [2.05, 4.69) is 9.47 Å². The Hall–Kier alpha value is -3.68. The standard InChI is InChI=1S/C14H16O4.C10H10O4/c15-13(16)10-6-8-11(9-7-10)14(17)18-12-4-2-1-3-5-12;1-13-9(11)7-3-5-8(6-4-7)10(12)14-2/h6-9,12H,1-5H2,(H,15,16);3-6H,1-2H3. The molecule has 0 unspecified atom stereocenters. The van der Waals surface area contributed by atoms with Crippen molar-refractivity contribution in [2.45, 2.75) is 38.2 Å². The Bertz CT molecular complexity index is 890. The van der Waals surface area contributed by atoms with E-state index in [-0.39, 0.29) is 17.6 Å². The predicted octanol–water partition coefficient (Wildman–Crippen LogP) is 4.13. The molecule has 0 radical (unpaired) electrons. The zero-order valence-corrected chi connectivity index (χ0v) is 18.0. The van der Waals surface area contributed by atoms with Gasteiger partial charge in [-0.3, -0.25) is 0 Å². The molecule has 0 spiro atoms. The average molecular weight is 442 g/mol. The molecular weight excluding hydrogens is 416 g/mol. The average Bonchev–Trinajstić information content (AvgIpc) is 2.84. The van der Waals surface area contributed by atoms with E-state index in [0.717, 1.165) is 25.7 Å². The van der Waals surface area contributed by atoms with E-state index < -0.39 is 17.9 Å². The molecule has 1 aliphatic rings. The van der Waals surface area contributed by atoms with Gasteiger partial charge in [-0.2, -0.15) is 0 Å². The minimum absolute atomic E-state index is 0.0189. The summed E-state index contributed by atoms with van der Waals surface area (Å²) in [5, 5.41) is 8.76. The summed E-state index contributed by atoms with van der Waals surface area (Å²) in [4.78, 5) is 44.6. The Morgan fingerprint density at radius 3 is 1.41 bits per heavy atom. The molecule has 2 aromatic carbocycles. The first-order valence-corrected chi connectivity index (χ1v) is 10.2. The number of methoxy groups -OCH3 is 2. The summed E-state index contributed by atoms with van der Waals surface area (Å²) in [5.74, 6) is -2.22. The van der Waals surface area contributed by atoms with Crippen LogP contribution in [0.4, 0.5) is 0 Å². The van der Waals surface area contributed by atoms with Crippen molar-refractivity contribution in [3.8, 4) is 0 Å². The maximum Gasteiger partial charge on any atom is 0.338 e. The second kappa shape index (κ2) is 12.2. The fourth-order valence-corrected chi connectivity index (χ4v) is 3.13. The highest BCUT2D eigenvalue weighted by Crippen LogP contribution is 2.21. The van der Waals surface area contributed by atoms with E-state index in [1.54, 1.807) is 0 Å². The number of rotatable bonds is 5. The fourth-order valence-electron chi connectivity index (χ4n) is 3.13. The molecule has 0 aromatic heterocycles. The van der Waals surface area contributed by atoms with E-state index in [4.69, 9.17) is 9.84 Å². The van der Waals surface area contributed by atoms with Crippen LogP contribution in [0.25, 0.3) is 0 Å². The van der Waals surface area contributed by atoms with Gasteiger partial charge in [-0.05, 0) is 74.2 Å². The summed E-state index contributed by atoms with van der Waals surface area (Å²) in [7, 11) is 2.60. The highest BCUT2D eigenvalue weighted by Gasteiger charge is 2.18. The van der Waals surface area contributed by atoms with Crippen molar-refractivity contribution in [2.24, 2.45) is 0 Å². The first kappa shape index (κ1) is 24.6. The van der Waals surface area contributed by atoms with E-state index in [9.17, 15) is 19.2 Å². The highest BCUT2D eigenvalue weighted by molar-refractivity contribution is 5.93. The Balaban J connectivity index is 0.000000235. The van der Waals surface area contributed by atoms with Crippen LogP contribution in [0.5, 0.6) is 0 Å². The van der Waals surface area contributed by atoms with Crippen LogP contribution in [-0.2, 0) is 14.2 Å². The van der Waals surface area contributed by atoms with Crippen molar-refractivity contribution >= 4 is 23.9 Å². The zero-order valence-electron chi connectivity index (χ0n) is 18.0. The Morgan fingerprint density at radius 2 is 1.03 bits per heavy atom. The van der Waals surface area contributed by atoms with Crippen molar-refractivity contribution in [3.05, 3.63) is 70.8 Å². The van der Waals surface area contributed by atoms with Crippen LogP contribution in [0.3, 0.4) is 0 Å². The summed E-state index contributed by atoms with van der Waals surface area (Å²) >= 11 is 0. The summed E-state index contributed by atoms with van der Waals surface area (Å²) in [6, 6.07) is 11.9. The van der Waals surface area contributed by atoms with E-state index >= 15 is 0 Å². The van der Waals surface area contributed by atoms with Crippen molar-refractivity contribution in [1.29, 1.82) is 0 Å². The van der Waals surface area contributed by atoms with Crippen LogP contribution < -0.4 is 0 Å². The molecular formula is C24H26O8. The summed E-state index contributed by atoms with van der Waals surface area (Å²) in [6.07, 6.45) is 5.30.